The number of nitrogens with zero attached hydrogens (tertiary/aromatic N) is 3. The molecule has 3 heterocycles. The fourth-order valence-electron chi connectivity index (χ4n) is 4.05. The summed E-state index contributed by atoms with van der Waals surface area (Å²) in [6.07, 6.45) is 3.36. The molecule has 1 amide bonds. The molecule has 0 radical (unpaired) electrons. The van der Waals surface area contributed by atoms with E-state index in [1.807, 2.05) is 24.3 Å². The molecule has 1 aliphatic rings. The number of aromatic amines is 2. The monoisotopic (exact) mass is 442 g/mol. The Hall–Kier alpha value is -4.04. The third-order valence-corrected chi connectivity index (χ3v) is 5.96. The van der Waals surface area contributed by atoms with Gasteiger partial charge in [0.2, 0.25) is 0 Å². The van der Waals surface area contributed by atoms with Crippen molar-refractivity contribution in [3.63, 3.8) is 0 Å². The molecule has 0 saturated carbocycles. The number of nitrogens with one attached hydrogen (secondary N) is 3. The van der Waals surface area contributed by atoms with Crippen LogP contribution in [0.15, 0.2) is 65.8 Å². The first-order chi connectivity index (χ1) is 16.1. The highest BCUT2D eigenvalue weighted by atomic mass is 16.3. The fourth-order valence-corrected chi connectivity index (χ4v) is 4.05. The van der Waals surface area contributed by atoms with Crippen molar-refractivity contribution in [1.82, 2.24) is 14.9 Å². The number of amides is 1. The zero-order valence-corrected chi connectivity index (χ0v) is 18.4. The largest absolute Gasteiger partial charge is 0.494 e. The first kappa shape index (κ1) is 20.8. The lowest BCUT2D eigenvalue weighted by atomic mass is 10.1. The van der Waals surface area contributed by atoms with Crippen LogP contribution in [0, 0.1) is 0 Å². The zero-order chi connectivity index (χ0) is 22.8. The average molecular weight is 443 g/mol. The molecular weight excluding hydrogens is 416 g/mol. The van der Waals surface area contributed by atoms with Crippen LogP contribution in [-0.4, -0.2) is 65.3 Å². The maximum absolute atomic E-state index is 12.4. The number of carbonyl (C=O) groups is 1. The van der Waals surface area contributed by atoms with Gasteiger partial charge in [0.25, 0.3) is 5.91 Å². The van der Waals surface area contributed by atoms with Crippen LogP contribution in [0.1, 0.15) is 16.1 Å². The topological polar surface area (TPSA) is 99.8 Å². The minimum absolute atomic E-state index is 0.0387. The normalized spacial score (nSPS) is 14.9. The third kappa shape index (κ3) is 4.47. The Kier molecular flexibility index (Phi) is 5.58. The van der Waals surface area contributed by atoms with Crippen LogP contribution >= 0.6 is 0 Å². The number of hydrogen-bond donors (Lipinski definition) is 4. The summed E-state index contributed by atoms with van der Waals surface area (Å²) in [4.78, 5) is 27.5. The average Bonchev–Trinajstić information content (AvgIpc) is 3.46. The second kappa shape index (κ2) is 8.84. The van der Waals surface area contributed by atoms with Crippen LogP contribution in [0.5, 0.6) is 5.88 Å². The van der Waals surface area contributed by atoms with Crippen molar-refractivity contribution in [2.45, 2.75) is 0 Å². The van der Waals surface area contributed by atoms with E-state index in [0.29, 0.717) is 16.9 Å². The minimum Gasteiger partial charge on any atom is -0.494 e. The van der Waals surface area contributed by atoms with Crippen LogP contribution in [0.3, 0.4) is 0 Å². The summed E-state index contributed by atoms with van der Waals surface area (Å²) < 4.78 is 0. The second-order valence-corrected chi connectivity index (χ2v) is 8.25. The zero-order valence-electron chi connectivity index (χ0n) is 18.4. The van der Waals surface area contributed by atoms with Crippen molar-refractivity contribution < 1.29 is 9.90 Å². The van der Waals surface area contributed by atoms with E-state index in [2.05, 4.69) is 49.3 Å². The van der Waals surface area contributed by atoms with Gasteiger partial charge in [-0.2, -0.15) is 0 Å². The predicted octanol–water partition coefficient (Wildman–Crippen LogP) is 3.96. The molecule has 33 heavy (non-hydrogen) atoms. The number of rotatable bonds is 5. The summed E-state index contributed by atoms with van der Waals surface area (Å²) in [5, 5.41) is 14.1. The Morgan fingerprint density at radius 2 is 1.94 bits per heavy atom. The highest BCUT2D eigenvalue weighted by Crippen LogP contribution is 2.29. The summed E-state index contributed by atoms with van der Waals surface area (Å²) in [6, 6.07) is 17.1. The number of anilines is 2. The lowest BCUT2D eigenvalue weighted by molar-refractivity contribution is 0.102. The Labute approximate surface area is 191 Å². The summed E-state index contributed by atoms with van der Waals surface area (Å²) >= 11 is 0. The highest BCUT2D eigenvalue weighted by molar-refractivity contribution is 6.07. The van der Waals surface area contributed by atoms with Crippen molar-refractivity contribution >= 4 is 40.1 Å². The smallest absolute Gasteiger partial charge is 0.272 e. The van der Waals surface area contributed by atoms with Crippen molar-refractivity contribution in [1.29, 1.82) is 0 Å². The molecule has 0 unspecified atom stereocenters. The molecule has 8 nitrogen and oxygen atoms in total. The van der Waals surface area contributed by atoms with E-state index < -0.39 is 0 Å². The number of aromatic hydroxyl groups is 1. The van der Waals surface area contributed by atoms with Crippen molar-refractivity contribution in [2.75, 3.05) is 43.4 Å². The molecule has 2 aromatic heterocycles. The number of benzene rings is 2. The molecule has 2 aromatic carbocycles. The molecule has 0 aliphatic carbocycles. The Balaban J connectivity index is 1.39. The Morgan fingerprint density at radius 3 is 2.73 bits per heavy atom. The van der Waals surface area contributed by atoms with E-state index in [-0.39, 0.29) is 11.8 Å². The SMILES string of the molecule is CN1CCN(c2cccc(N=Cc3c(O)[nH]c4ccc(NC(=O)c5ccc[nH]5)cc34)c2)CC1. The standard InChI is InChI=1S/C25H26N6O2/c1-30-10-12-31(13-11-30)19-5-2-4-17(14-19)27-16-21-20-15-18(7-8-22(20)29-24(21)32)28-25(33)23-6-3-9-26-23/h2-9,14-16,26,29,32H,10-13H2,1H3,(H,28,33). The summed E-state index contributed by atoms with van der Waals surface area (Å²) in [6.45, 7) is 4.06. The molecule has 0 spiro atoms. The maximum atomic E-state index is 12.4. The van der Waals surface area contributed by atoms with Gasteiger partial charge in [-0.3, -0.25) is 9.79 Å². The number of fused-ring (bicyclic) bond motifs is 1. The van der Waals surface area contributed by atoms with E-state index in [4.69, 9.17) is 0 Å². The molecule has 4 N–H and O–H groups in total. The second-order valence-electron chi connectivity index (χ2n) is 8.25. The van der Waals surface area contributed by atoms with Crippen molar-refractivity contribution in [3.05, 3.63) is 72.1 Å². The van der Waals surface area contributed by atoms with Gasteiger partial charge in [0.1, 0.15) is 5.69 Å². The third-order valence-electron chi connectivity index (χ3n) is 5.96. The molecule has 168 valence electrons. The van der Waals surface area contributed by atoms with Crippen LogP contribution in [0.4, 0.5) is 17.1 Å². The lowest BCUT2D eigenvalue weighted by Gasteiger charge is -2.34. The first-order valence-corrected chi connectivity index (χ1v) is 10.9. The molecule has 0 bridgehead atoms. The number of piperazine rings is 1. The molecular formula is C25H26N6O2. The fraction of sp³-hybridized carbons (Fsp3) is 0.200. The molecule has 1 fully saturated rings. The lowest BCUT2D eigenvalue weighted by Crippen LogP contribution is -2.44. The number of aromatic nitrogens is 2. The maximum Gasteiger partial charge on any atom is 0.272 e. The van der Waals surface area contributed by atoms with Crippen molar-refractivity contribution in [3.8, 4) is 5.88 Å². The number of H-pyrrole nitrogens is 2. The molecule has 1 aliphatic heterocycles. The van der Waals surface area contributed by atoms with Crippen molar-refractivity contribution in [2.24, 2.45) is 4.99 Å². The van der Waals surface area contributed by atoms with E-state index in [9.17, 15) is 9.90 Å². The summed E-state index contributed by atoms with van der Waals surface area (Å²) in [5.74, 6) is -0.188. The Morgan fingerprint density at radius 1 is 1.09 bits per heavy atom. The van der Waals surface area contributed by atoms with Gasteiger partial charge in [-0.1, -0.05) is 6.07 Å². The first-order valence-electron chi connectivity index (χ1n) is 10.9. The quantitative estimate of drug-likeness (QED) is 0.352. The predicted molar refractivity (Wildman–Crippen MR) is 132 cm³/mol. The minimum atomic E-state index is -0.227. The van der Waals surface area contributed by atoms with E-state index in [1.165, 1.54) is 0 Å². The molecule has 8 heteroatoms. The van der Waals surface area contributed by atoms with Gasteiger partial charge in [0, 0.05) is 60.9 Å². The van der Waals surface area contributed by atoms with Crippen LogP contribution in [0.25, 0.3) is 10.9 Å². The van der Waals surface area contributed by atoms with Gasteiger partial charge in [0.05, 0.1) is 11.3 Å². The highest BCUT2D eigenvalue weighted by Gasteiger charge is 2.15. The van der Waals surface area contributed by atoms with Gasteiger partial charge in [-0.05, 0) is 55.6 Å². The van der Waals surface area contributed by atoms with Gasteiger partial charge >= 0.3 is 0 Å². The number of aliphatic imine (C=N–C) groups is 1. The van der Waals surface area contributed by atoms with Gasteiger partial charge < -0.3 is 30.2 Å². The van der Waals surface area contributed by atoms with Gasteiger partial charge in [0.15, 0.2) is 5.88 Å². The van der Waals surface area contributed by atoms with E-state index >= 15 is 0 Å². The van der Waals surface area contributed by atoms with E-state index in [0.717, 1.165) is 48.5 Å². The van der Waals surface area contributed by atoms with Crippen LogP contribution in [0.2, 0.25) is 0 Å². The number of hydrogen-bond acceptors (Lipinski definition) is 5. The Bertz CT molecular complexity index is 1300. The number of likely N-dealkylation sites (N-methyl/N-ethyl adjacent to an activating group) is 1. The van der Waals surface area contributed by atoms with E-state index in [1.54, 1.807) is 30.6 Å². The molecule has 4 aromatic rings. The summed E-state index contributed by atoms with van der Waals surface area (Å²) in [5.41, 5.74) is 4.41. The van der Waals surface area contributed by atoms with Gasteiger partial charge in [-0.25, -0.2) is 0 Å². The molecule has 5 rings (SSSR count). The van der Waals surface area contributed by atoms with Crippen LogP contribution in [-0.2, 0) is 0 Å². The molecule has 0 atom stereocenters. The number of carbonyl (C=O) groups excluding carboxylic acids is 1. The van der Waals surface area contributed by atoms with Crippen LogP contribution < -0.4 is 10.2 Å². The molecule has 1 saturated heterocycles. The summed E-state index contributed by atoms with van der Waals surface area (Å²) in [7, 11) is 2.14. The van der Waals surface area contributed by atoms with Gasteiger partial charge in [-0.15, -0.1) is 0 Å².